The molecular formula is C28H30N4O5. The molecule has 0 aliphatic heterocycles. The molecule has 2 heterocycles. The zero-order chi connectivity index (χ0) is 26.3. The van der Waals surface area contributed by atoms with Crippen LogP contribution in [0.3, 0.4) is 0 Å². The van der Waals surface area contributed by atoms with Crippen molar-refractivity contribution in [3.8, 4) is 34.1 Å². The van der Waals surface area contributed by atoms with E-state index in [0.29, 0.717) is 41.4 Å². The van der Waals surface area contributed by atoms with Crippen LogP contribution in [0.2, 0.25) is 0 Å². The van der Waals surface area contributed by atoms with Crippen LogP contribution in [0.15, 0.2) is 36.4 Å². The molecule has 0 radical (unpaired) electrons. The normalized spacial score (nSPS) is 15.1. The second-order valence-electron chi connectivity index (χ2n) is 9.33. The van der Waals surface area contributed by atoms with Crippen molar-refractivity contribution >= 4 is 11.4 Å². The van der Waals surface area contributed by atoms with E-state index in [1.165, 1.54) is 0 Å². The number of rotatable bonds is 7. The van der Waals surface area contributed by atoms with Crippen molar-refractivity contribution in [3.63, 3.8) is 0 Å². The second kappa shape index (κ2) is 9.72. The van der Waals surface area contributed by atoms with Crippen LogP contribution < -0.4 is 18.9 Å². The molecule has 37 heavy (non-hydrogen) atoms. The van der Waals surface area contributed by atoms with Gasteiger partial charge in [-0.15, -0.1) is 10.2 Å². The van der Waals surface area contributed by atoms with Crippen molar-refractivity contribution in [3.05, 3.63) is 59.0 Å². The number of methoxy groups -OCH3 is 4. The lowest BCUT2D eigenvalue weighted by Gasteiger charge is -2.24. The second-order valence-corrected chi connectivity index (χ2v) is 9.33. The van der Waals surface area contributed by atoms with Crippen molar-refractivity contribution in [2.24, 2.45) is 0 Å². The van der Waals surface area contributed by atoms with E-state index in [1.54, 1.807) is 33.0 Å². The predicted octanol–water partition coefficient (Wildman–Crippen LogP) is 4.86. The van der Waals surface area contributed by atoms with Crippen LogP contribution in [0.1, 0.15) is 59.5 Å². The van der Waals surface area contributed by atoms with Gasteiger partial charge in [-0.3, -0.25) is 4.79 Å². The number of fused-ring (bicyclic) bond motifs is 3. The lowest BCUT2D eigenvalue weighted by Crippen LogP contribution is -2.24. The summed E-state index contributed by atoms with van der Waals surface area (Å²) in [6.07, 6.45) is 0.847. The fourth-order valence-corrected chi connectivity index (χ4v) is 5.07. The standard InChI is InChI=1S/C28H30N4O5/c1-15(2)25-24(18-9-7-8-10-21(18)34-3)28-30-29-26-19(32(28)31-25)11-16(12-20(26)33)17-13-22(35-4)27(37-6)23(14-17)36-5/h7-10,13-16H,11-12H2,1-6H3. The van der Waals surface area contributed by atoms with E-state index >= 15 is 0 Å². The van der Waals surface area contributed by atoms with Crippen LogP contribution in [0.25, 0.3) is 16.8 Å². The molecule has 0 saturated heterocycles. The third-order valence-electron chi connectivity index (χ3n) is 6.88. The monoisotopic (exact) mass is 502 g/mol. The van der Waals surface area contributed by atoms with Gasteiger partial charge in [0.2, 0.25) is 5.75 Å². The van der Waals surface area contributed by atoms with E-state index in [4.69, 9.17) is 24.0 Å². The van der Waals surface area contributed by atoms with Gasteiger partial charge in [-0.05, 0) is 42.0 Å². The van der Waals surface area contributed by atoms with Gasteiger partial charge >= 0.3 is 0 Å². The molecule has 1 aliphatic rings. The summed E-state index contributed by atoms with van der Waals surface area (Å²) in [6.45, 7) is 4.18. The zero-order valence-electron chi connectivity index (χ0n) is 21.9. The van der Waals surface area contributed by atoms with E-state index < -0.39 is 0 Å². The summed E-state index contributed by atoms with van der Waals surface area (Å²) in [6, 6.07) is 11.6. The van der Waals surface area contributed by atoms with Gasteiger partial charge in [0, 0.05) is 12.0 Å². The first kappa shape index (κ1) is 24.5. The fourth-order valence-electron chi connectivity index (χ4n) is 5.07. The van der Waals surface area contributed by atoms with E-state index in [0.717, 1.165) is 33.8 Å². The lowest BCUT2D eigenvalue weighted by molar-refractivity contribution is 0.0955. The van der Waals surface area contributed by atoms with Gasteiger partial charge < -0.3 is 18.9 Å². The number of ether oxygens (including phenoxy) is 4. The first-order valence-electron chi connectivity index (χ1n) is 12.2. The van der Waals surface area contributed by atoms with E-state index in [9.17, 15) is 4.79 Å². The molecule has 1 unspecified atom stereocenters. The molecule has 0 amide bonds. The Morgan fingerprint density at radius 3 is 2.19 bits per heavy atom. The summed E-state index contributed by atoms with van der Waals surface area (Å²) < 4.78 is 24.0. The number of aromatic nitrogens is 4. The number of Topliss-reactive ketones (excluding diaryl/α,β-unsaturated/α-hetero) is 1. The van der Waals surface area contributed by atoms with Crippen LogP contribution in [-0.4, -0.2) is 54.0 Å². The molecule has 0 saturated carbocycles. The molecule has 0 N–H and O–H groups in total. The van der Waals surface area contributed by atoms with Gasteiger partial charge in [-0.2, -0.15) is 5.10 Å². The van der Waals surface area contributed by atoms with Crippen molar-refractivity contribution in [1.82, 2.24) is 19.8 Å². The highest BCUT2D eigenvalue weighted by atomic mass is 16.5. The average molecular weight is 503 g/mol. The maximum Gasteiger partial charge on any atom is 0.203 e. The van der Waals surface area contributed by atoms with Crippen molar-refractivity contribution in [1.29, 1.82) is 0 Å². The van der Waals surface area contributed by atoms with Crippen LogP contribution >= 0.6 is 0 Å². The predicted molar refractivity (Wildman–Crippen MR) is 138 cm³/mol. The molecule has 0 bridgehead atoms. The molecular weight excluding hydrogens is 472 g/mol. The molecule has 1 aliphatic carbocycles. The summed E-state index contributed by atoms with van der Waals surface area (Å²) in [5.41, 5.74) is 5.24. The highest BCUT2D eigenvalue weighted by Gasteiger charge is 2.33. The Bertz CT molecular complexity index is 1470. The maximum atomic E-state index is 13.3. The maximum absolute atomic E-state index is 13.3. The van der Waals surface area contributed by atoms with Crippen LogP contribution in [0, 0.1) is 0 Å². The number of hydrogen-bond donors (Lipinski definition) is 0. The third-order valence-corrected chi connectivity index (χ3v) is 6.88. The smallest absolute Gasteiger partial charge is 0.203 e. The summed E-state index contributed by atoms with van der Waals surface area (Å²) in [5, 5.41) is 13.9. The number of ketones is 1. The quantitative estimate of drug-likeness (QED) is 0.353. The molecule has 192 valence electrons. The van der Waals surface area contributed by atoms with Gasteiger partial charge in [0.05, 0.1) is 45.4 Å². The molecule has 1 atom stereocenters. The van der Waals surface area contributed by atoms with E-state index in [2.05, 4.69) is 24.0 Å². The first-order chi connectivity index (χ1) is 17.9. The Morgan fingerprint density at radius 2 is 1.57 bits per heavy atom. The summed E-state index contributed by atoms with van der Waals surface area (Å²) in [7, 11) is 6.38. The Hall–Kier alpha value is -4.14. The number of benzene rings is 2. The van der Waals surface area contributed by atoms with E-state index in [1.807, 2.05) is 36.4 Å². The zero-order valence-corrected chi connectivity index (χ0v) is 21.9. The molecule has 9 heteroatoms. The van der Waals surface area contributed by atoms with Gasteiger partial charge in [-0.25, -0.2) is 4.52 Å². The Labute approximate surface area is 215 Å². The average Bonchev–Trinajstić information content (AvgIpc) is 3.32. The van der Waals surface area contributed by atoms with Crippen molar-refractivity contribution < 1.29 is 23.7 Å². The van der Waals surface area contributed by atoms with Crippen molar-refractivity contribution in [2.45, 2.75) is 38.5 Å². The van der Waals surface area contributed by atoms with Gasteiger partial charge in [0.15, 0.2) is 28.6 Å². The van der Waals surface area contributed by atoms with Gasteiger partial charge in [-0.1, -0.05) is 32.0 Å². The van der Waals surface area contributed by atoms with Gasteiger partial charge in [0.25, 0.3) is 0 Å². The number of para-hydroxylation sites is 1. The molecule has 5 rings (SSSR count). The molecule has 2 aromatic heterocycles. The topological polar surface area (TPSA) is 97.1 Å². The summed E-state index contributed by atoms with van der Waals surface area (Å²) >= 11 is 0. The minimum absolute atomic E-state index is 0.0742. The number of hydrogen-bond acceptors (Lipinski definition) is 8. The van der Waals surface area contributed by atoms with E-state index in [-0.39, 0.29) is 17.6 Å². The molecule has 0 spiro atoms. The Morgan fingerprint density at radius 1 is 0.892 bits per heavy atom. The minimum Gasteiger partial charge on any atom is -0.496 e. The molecule has 9 nitrogen and oxygen atoms in total. The highest BCUT2D eigenvalue weighted by Crippen LogP contribution is 2.43. The number of carbonyl (C=O) groups excluding carboxylic acids is 1. The minimum atomic E-state index is -0.123. The molecule has 4 aromatic rings. The third kappa shape index (κ3) is 4.04. The van der Waals surface area contributed by atoms with Crippen molar-refractivity contribution in [2.75, 3.05) is 28.4 Å². The summed E-state index contributed by atoms with van der Waals surface area (Å²) in [4.78, 5) is 13.3. The summed E-state index contributed by atoms with van der Waals surface area (Å²) in [5.74, 6) is 2.25. The SMILES string of the molecule is COc1ccccc1-c1c(C(C)C)nn2c3c(nnc12)C(=O)CC(c1cc(OC)c(OC)c(OC)c1)C3. The van der Waals surface area contributed by atoms with Crippen LogP contribution in [0.4, 0.5) is 0 Å². The Balaban J connectivity index is 1.68. The largest absolute Gasteiger partial charge is 0.496 e. The lowest BCUT2D eigenvalue weighted by atomic mass is 9.83. The van der Waals surface area contributed by atoms with Crippen LogP contribution in [0.5, 0.6) is 23.0 Å². The molecule has 0 fully saturated rings. The highest BCUT2D eigenvalue weighted by molar-refractivity contribution is 5.97. The van der Waals surface area contributed by atoms with Crippen LogP contribution in [-0.2, 0) is 6.42 Å². The number of nitrogens with zero attached hydrogens (tertiary/aromatic N) is 4. The first-order valence-corrected chi connectivity index (χ1v) is 12.2. The molecule has 2 aromatic carbocycles. The Kier molecular flexibility index (Phi) is 6.45. The van der Waals surface area contributed by atoms with Gasteiger partial charge in [0.1, 0.15) is 5.75 Å². The fraction of sp³-hybridized carbons (Fsp3) is 0.357. The number of carbonyl (C=O) groups is 1.